The molecule has 0 spiro atoms. The molecule has 0 atom stereocenters. The fourth-order valence-corrected chi connectivity index (χ4v) is 4.93. The number of hydrogen-bond donors (Lipinski definition) is 4. The third-order valence-electron chi connectivity index (χ3n) is 7.98. The minimum absolute atomic E-state index is 0.341. The average molecular weight is 844 g/mol. The van der Waals surface area contributed by atoms with E-state index >= 15 is 0 Å². The summed E-state index contributed by atoms with van der Waals surface area (Å²) in [4.78, 5) is 40.5. The molecule has 0 bridgehead atoms. The molecule has 0 saturated heterocycles. The van der Waals surface area contributed by atoms with Crippen molar-refractivity contribution in [3.8, 4) is 0 Å². The molecule has 320 valence electrons. The topological polar surface area (TPSA) is 183 Å². The summed E-state index contributed by atoms with van der Waals surface area (Å²) >= 11 is -4.31. The van der Waals surface area contributed by atoms with Crippen LogP contribution in [0.4, 0.5) is 0 Å². The number of rotatable bonds is 32. The predicted molar refractivity (Wildman–Crippen MR) is 214 cm³/mol. The van der Waals surface area contributed by atoms with Crippen molar-refractivity contribution < 1.29 is 58.3 Å². The van der Waals surface area contributed by atoms with Crippen LogP contribution in [-0.2, 0) is 37.9 Å². The Morgan fingerprint density at radius 1 is 0.321 bits per heavy atom. The molecule has 0 rings (SSSR count). The molecule has 0 aromatic rings. The zero-order chi connectivity index (χ0) is 41.4. The van der Waals surface area contributed by atoms with E-state index in [-0.39, 0.29) is 0 Å². The number of carboxylic acid groups (broad SMARTS) is 4. The van der Waals surface area contributed by atoms with Crippen molar-refractivity contribution >= 4 is 44.0 Å². The maximum atomic E-state index is 10.1. The molecule has 0 aromatic heterocycles. The Hall–Kier alpha value is -1.41. The van der Waals surface area contributed by atoms with E-state index in [9.17, 15) is 26.8 Å². The fraction of sp³-hybridized carbons (Fsp3) is 0.900. The van der Waals surface area contributed by atoms with Gasteiger partial charge in [0.05, 0.1) is 0 Å². The van der Waals surface area contributed by atoms with Crippen molar-refractivity contribution in [1.82, 2.24) is 0 Å². The summed E-state index contributed by atoms with van der Waals surface area (Å²) < 4.78 is 18.5. The van der Waals surface area contributed by atoms with E-state index in [1.165, 1.54) is 128 Å². The van der Waals surface area contributed by atoms with Gasteiger partial charge < -0.3 is 20.4 Å². The third-order valence-corrected chi connectivity index (χ3v) is 7.98. The van der Waals surface area contributed by atoms with Gasteiger partial charge in [0.2, 0.25) is 0 Å². The van der Waals surface area contributed by atoms with Crippen LogP contribution in [0.2, 0.25) is 0 Å². The van der Waals surface area contributed by atoms with Gasteiger partial charge in [-0.1, -0.05) is 182 Å². The number of aliphatic carboxylic acids is 4. The van der Waals surface area contributed by atoms with Crippen LogP contribution in [0.1, 0.15) is 233 Å². The molecule has 0 unspecified atom stereocenters. The monoisotopic (exact) mass is 842 g/mol. The molecule has 0 amide bonds. The van der Waals surface area contributed by atoms with Crippen LogP contribution >= 0.6 is 20.1 Å². The van der Waals surface area contributed by atoms with E-state index in [0.29, 0.717) is 25.7 Å². The van der Waals surface area contributed by atoms with Crippen LogP contribution in [0.3, 0.4) is 0 Å². The Morgan fingerprint density at radius 2 is 0.434 bits per heavy atom. The van der Waals surface area contributed by atoms with E-state index in [1.54, 1.807) is 0 Å². The molecule has 0 aliphatic heterocycles. The Morgan fingerprint density at radius 3 is 0.547 bits per heavy atom. The molecule has 13 heteroatoms. The minimum atomic E-state index is -4.31. The second-order valence-corrected chi connectivity index (χ2v) is 18.6. The second-order valence-electron chi connectivity index (χ2n) is 13.4. The molecule has 10 nitrogen and oxygen atoms in total. The standard InChI is InChI=1S/4C10H20O2.2ClH.Cr.2O/c4*1-2-3-4-5-6-7-8-9-10(11)12;;;;;/h4*2-9H2,1H3,(H,11,12);2*1H;;;/q;;;;;;+2;;/p-2. The van der Waals surface area contributed by atoms with E-state index < -0.39 is 35.0 Å². The van der Waals surface area contributed by atoms with Crippen LogP contribution in [0.15, 0.2) is 0 Å². The summed E-state index contributed by atoms with van der Waals surface area (Å²) in [5, 5.41) is 33.4. The van der Waals surface area contributed by atoms with Gasteiger partial charge in [0.1, 0.15) is 0 Å². The molecular formula is C40H80Cl2CrO10. The Kier molecular flexibility index (Phi) is 60.5. The van der Waals surface area contributed by atoms with Crippen molar-refractivity contribution in [2.75, 3.05) is 0 Å². The summed E-state index contributed by atoms with van der Waals surface area (Å²) in [6.45, 7) is 8.80. The quantitative estimate of drug-likeness (QED) is 0.0475. The van der Waals surface area contributed by atoms with Crippen molar-refractivity contribution in [2.45, 2.75) is 233 Å². The van der Waals surface area contributed by atoms with Gasteiger partial charge in [-0.25, -0.2) is 0 Å². The third kappa shape index (κ3) is 99.8. The normalized spacial score (nSPS) is 10.2. The van der Waals surface area contributed by atoms with E-state index in [4.69, 9.17) is 20.4 Å². The average Bonchev–Trinajstić information content (AvgIpc) is 3.06. The first-order chi connectivity index (χ1) is 25.1. The summed E-state index contributed by atoms with van der Waals surface area (Å²) in [5.41, 5.74) is 0. The van der Waals surface area contributed by atoms with E-state index in [2.05, 4.69) is 47.8 Å². The summed E-state index contributed by atoms with van der Waals surface area (Å²) in [5.74, 6) is -2.65. The molecule has 0 aromatic carbocycles. The molecule has 0 radical (unpaired) electrons. The van der Waals surface area contributed by atoms with Gasteiger partial charge in [-0.05, 0) is 25.7 Å². The first kappa shape index (κ1) is 60.8. The Bertz CT molecular complexity index is 767. The first-order valence-corrected chi connectivity index (χ1v) is 25.1. The van der Waals surface area contributed by atoms with E-state index in [1.807, 2.05) is 0 Å². The number of carboxylic acids is 4. The molecule has 0 fully saturated rings. The van der Waals surface area contributed by atoms with Gasteiger partial charge in [-0.15, -0.1) is 0 Å². The fourth-order valence-electron chi connectivity index (χ4n) is 4.93. The zero-order valence-electron chi connectivity index (χ0n) is 34.0. The van der Waals surface area contributed by atoms with Crippen molar-refractivity contribution in [3.63, 3.8) is 0 Å². The SMILES string of the molecule is CCCCCCCCCC(=O)O.CCCCCCCCCC(=O)O.CCCCCCCCCC(=O)O.CCCCCCCCCC(=O)O.[O]=[Cr](=[O])([Cl])[Cl]. The van der Waals surface area contributed by atoms with Crippen molar-refractivity contribution in [3.05, 3.63) is 0 Å². The molecular weight excluding hydrogens is 763 g/mol. The molecule has 0 aliphatic rings. The number of unbranched alkanes of at least 4 members (excludes halogenated alkanes) is 24. The summed E-state index contributed by atoms with van der Waals surface area (Å²) in [6, 6.07) is 0. The second kappa shape index (κ2) is 52.7. The molecule has 53 heavy (non-hydrogen) atoms. The van der Waals surface area contributed by atoms with Crippen molar-refractivity contribution in [2.24, 2.45) is 0 Å². The first-order valence-electron chi connectivity index (χ1n) is 20.6. The van der Waals surface area contributed by atoms with Gasteiger partial charge in [-0.2, -0.15) is 0 Å². The molecule has 4 N–H and O–H groups in total. The van der Waals surface area contributed by atoms with Crippen molar-refractivity contribution in [1.29, 1.82) is 0 Å². The van der Waals surface area contributed by atoms with Gasteiger partial charge in [-0.3, -0.25) is 19.2 Å². The Labute approximate surface area is 334 Å². The summed E-state index contributed by atoms with van der Waals surface area (Å²) in [7, 11) is 8.68. The van der Waals surface area contributed by atoms with Crippen LogP contribution < -0.4 is 0 Å². The predicted octanol–water partition coefficient (Wildman–Crippen LogP) is 14.0. The van der Waals surface area contributed by atoms with E-state index in [0.717, 1.165) is 51.4 Å². The van der Waals surface area contributed by atoms with Crippen LogP contribution in [0, 0.1) is 0 Å². The maximum absolute atomic E-state index is 10.1. The Balaban J connectivity index is -0.000000185. The number of halogens is 2. The van der Waals surface area contributed by atoms with Gasteiger partial charge in [0.25, 0.3) is 0 Å². The number of hydrogen-bond acceptors (Lipinski definition) is 6. The zero-order valence-corrected chi connectivity index (χ0v) is 36.8. The van der Waals surface area contributed by atoms with Gasteiger partial charge >= 0.3 is 62.7 Å². The molecule has 0 aliphatic carbocycles. The van der Waals surface area contributed by atoms with Crippen LogP contribution in [-0.4, -0.2) is 44.3 Å². The van der Waals surface area contributed by atoms with Gasteiger partial charge in [0.15, 0.2) is 0 Å². The van der Waals surface area contributed by atoms with Gasteiger partial charge in [0, 0.05) is 25.7 Å². The van der Waals surface area contributed by atoms with Crippen LogP contribution in [0.5, 0.6) is 0 Å². The molecule has 0 heterocycles. The summed E-state index contributed by atoms with van der Waals surface area (Å²) in [6.07, 6.45) is 34.6. The molecule has 0 saturated carbocycles. The number of carbonyl (C=O) groups is 4. The van der Waals surface area contributed by atoms with Crippen LogP contribution in [0.25, 0.3) is 0 Å².